The Bertz CT molecular complexity index is 827. The lowest BCUT2D eigenvalue weighted by Crippen LogP contribution is -2.57. The molecule has 1 aliphatic heterocycles. The van der Waals surface area contributed by atoms with Gasteiger partial charge in [0.2, 0.25) is 5.95 Å². The second-order valence-electron chi connectivity index (χ2n) is 8.32. The molecule has 1 atom stereocenters. The molecular formula is C20H26ClN5O2. The summed E-state index contributed by atoms with van der Waals surface area (Å²) in [6, 6.07) is 4.00. The molecular weight excluding hydrogens is 378 g/mol. The van der Waals surface area contributed by atoms with Gasteiger partial charge in [-0.25, -0.2) is 4.98 Å². The molecule has 8 heteroatoms. The summed E-state index contributed by atoms with van der Waals surface area (Å²) in [5, 5.41) is 32.5. The number of hydrogen-bond donors (Lipinski definition) is 3. The number of phenolic OH excluding ortho intramolecular Hbond substituents is 1. The first-order valence-corrected chi connectivity index (χ1v) is 10.1. The zero-order valence-corrected chi connectivity index (χ0v) is 16.9. The highest BCUT2D eigenvalue weighted by Crippen LogP contribution is 2.37. The Hall–Kier alpha value is -1.96. The van der Waals surface area contributed by atoms with Crippen molar-refractivity contribution in [2.24, 2.45) is 0 Å². The number of anilines is 1. The molecule has 0 bridgehead atoms. The van der Waals surface area contributed by atoms with Crippen LogP contribution in [0.25, 0.3) is 11.3 Å². The summed E-state index contributed by atoms with van der Waals surface area (Å²) in [5.41, 5.74) is 1.43. The van der Waals surface area contributed by atoms with E-state index in [1.54, 1.807) is 12.3 Å². The highest BCUT2D eigenvalue weighted by Gasteiger charge is 2.42. The first-order chi connectivity index (χ1) is 13.3. The smallest absolute Gasteiger partial charge is 0.242 e. The molecule has 2 aliphatic rings. The maximum absolute atomic E-state index is 10.2. The first-order valence-electron chi connectivity index (χ1n) is 9.73. The number of benzene rings is 1. The number of likely N-dealkylation sites (tertiary alicyclic amines) is 1. The second-order valence-corrected chi connectivity index (χ2v) is 8.76. The van der Waals surface area contributed by atoms with E-state index in [-0.39, 0.29) is 11.8 Å². The fraction of sp³-hybridized carbons (Fsp3) is 0.550. The number of hydrogen-bond acceptors (Lipinski definition) is 7. The summed E-state index contributed by atoms with van der Waals surface area (Å²) in [7, 11) is 0. The summed E-state index contributed by atoms with van der Waals surface area (Å²) in [6.45, 7) is 5.77. The number of rotatable bonds is 4. The monoisotopic (exact) mass is 403 g/mol. The van der Waals surface area contributed by atoms with Crippen molar-refractivity contribution in [1.29, 1.82) is 0 Å². The molecule has 1 saturated heterocycles. The normalized spacial score (nSPS) is 28.0. The maximum Gasteiger partial charge on any atom is 0.242 e. The van der Waals surface area contributed by atoms with Gasteiger partial charge in [0.05, 0.1) is 11.8 Å². The van der Waals surface area contributed by atoms with Crippen molar-refractivity contribution in [2.45, 2.75) is 57.2 Å². The van der Waals surface area contributed by atoms with Crippen LogP contribution < -0.4 is 5.32 Å². The lowest BCUT2D eigenvalue weighted by Gasteiger charge is -2.49. The lowest BCUT2D eigenvalue weighted by molar-refractivity contribution is -0.0823. The molecule has 0 spiro atoms. The van der Waals surface area contributed by atoms with Gasteiger partial charge < -0.3 is 15.5 Å². The number of nitrogens with zero attached hydrogens (tertiary/aromatic N) is 4. The van der Waals surface area contributed by atoms with Crippen LogP contribution in [0.1, 0.15) is 38.2 Å². The third-order valence-corrected chi connectivity index (χ3v) is 5.97. The molecule has 28 heavy (non-hydrogen) atoms. The van der Waals surface area contributed by atoms with Crippen LogP contribution in [0.2, 0.25) is 5.02 Å². The van der Waals surface area contributed by atoms with E-state index in [0.717, 1.165) is 44.3 Å². The summed E-state index contributed by atoms with van der Waals surface area (Å²) in [6.07, 6.45) is 5.48. The fourth-order valence-electron chi connectivity index (χ4n) is 4.37. The van der Waals surface area contributed by atoms with Crippen molar-refractivity contribution < 1.29 is 10.2 Å². The zero-order chi connectivity index (χ0) is 19.9. The lowest BCUT2D eigenvalue weighted by atomic mass is 9.76. The van der Waals surface area contributed by atoms with Gasteiger partial charge in [-0.15, -0.1) is 10.2 Å². The Labute approximate surface area is 169 Å². The number of halogens is 1. The SMILES string of the molecule is Cc1cc(Cl)cc(O)c1-c1cnc(NC2CCCN(C3CC(C)(O)C3)C2)nn1. The third kappa shape index (κ3) is 4.06. The number of piperidine rings is 1. The average molecular weight is 404 g/mol. The van der Waals surface area contributed by atoms with E-state index in [9.17, 15) is 10.2 Å². The van der Waals surface area contributed by atoms with Gasteiger partial charge in [0.25, 0.3) is 0 Å². The van der Waals surface area contributed by atoms with E-state index < -0.39 is 5.60 Å². The van der Waals surface area contributed by atoms with Gasteiger partial charge in [0, 0.05) is 29.2 Å². The van der Waals surface area contributed by atoms with E-state index in [1.807, 2.05) is 13.8 Å². The van der Waals surface area contributed by atoms with Crippen LogP contribution >= 0.6 is 11.6 Å². The Morgan fingerprint density at radius 3 is 2.71 bits per heavy atom. The summed E-state index contributed by atoms with van der Waals surface area (Å²) < 4.78 is 0. The zero-order valence-electron chi connectivity index (χ0n) is 16.2. The van der Waals surface area contributed by atoms with Crippen LogP contribution in [0.3, 0.4) is 0 Å². The number of nitrogens with one attached hydrogen (secondary N) is 1. The highest BCUT2D eigenvalue weighted by atomic mass is 35.5. The van der Waals surface area contributed by atoms with E-state index in [0.29, 0.717) is 28.3 Å². The van der Waals surface area contributed by atoms with Gasteiger partial charge in [-0.05, 0) is 63.8 Å². The largest absolute Gasteiger partial charge is 0.507 e. The van der Waals surface area contributed by atoms with Crippen LogP contribution in [-0.4, -0.2) is 61.1 Å². The molecule has 4 rings (SSSR count). The summed E-state index contributed by atoms with van der Waals surface area (Å²) in [4.78, 5) is 6.85. The Kier molecular flexibility index (Phi) is 5.16. The van der Waals surface area contributed by atoms with Crippen LogP contribution in [0.5, 0.6) is 5.75 Å². The van der Waals surface area contributed by atoms with Crippen molar-refractivity contribution in [1.82, 2.24) is 20.1 Å². The molecule has 1 aliphatic carbocycles. The minimum atomic E-state index is -0.501. The Morgan fingerprint density at radius 1 is 1.29 bits per heavy atom. The molecule has 3 N–H and O–H groups in total. The molecule has 1 aromatic heterocycles. The number of aliphatic hydroxyl groups is 1. The fourth-order valence-corrected chi connectivity index (χ4v) is 4.63. The van der Waals surface area contributed by atoms with Crippen LogP contribution in [0.15, 0.2) is 18.3 Å². The molecule has 1 saturated carbocycles. The summed E-state index contributed by atoms with van der Waals surface area (Å²) in [5.74, 6) is 0.559. The minimum absolute atomic E-state index is 0.0705. The van der Waals surface area contributed by atoms with Gasteiger partial charge in [-0.2, -0.15) is 0 Å². The van der Waals surface area contributed by atoms with E-state index in [4.69, 9.17) is 11.6 Å². The van der Waals surface area contributed by atoms with Crippen molar-refractivity contribution in [2.75, 3.05) is 18.4 Å². The quantitative estimate of drug-likeness (QED) is 0.722. The number of phenols is 1. The summed E-state index contributed by atoms with van der Waals surface area (Å²) >= 11 is 5.97. The van der Waals surface area contributed by atoms with Gasteiger partial charge >= 0.3 is 0 Å². The van der Waals surface area contributed by atoms with E-state index >= 15 is 0 Å². The predicted molar refractivity (Wildman–Crippen MR) is 109 cm³/mol. The molecule has 0 radical (unpaired) electrons. The first kappa shape index (κ1) is 19.4. The molecule has 2 heterocycles. The Balaban J connectivity index is 1.41. The van der Waals surface area contributed by atoms with Crippen molar-refractivity contribution >= 4 is 17.5 Å². The number of aromatic nitrogens is 3. The van der Waals surface area contributed by atoms with Gasteiger partial charge in [0.15, 0.2) is 0 Å². The molecule has 2 aromatic rings. The standard InChI is InChI=1S/C20H26ClN5O2/c1-12-6-13(21)7-17(27)18(12)16-10-22-19(25-24-16)23-14-4-3-5-26(11-14)15-8-20(2,28)9-15/h6-7,10,14-15,27-28H,3-5,8-9,11H2,1-2H3,(H,22,23,25). The number of aromatic hydroxyl groups is 1. The van der Waals surface area contributed by atoms with Crippen molar-refractivity contribution in [3.05, 3.63) is 28.9 Å². The molecule has 7 nitrogen and oxygen atoms in total. The Morgan fingerprint density at radius 2 is 2.07 bits per heavy atom. The topological polar surface area (TPSA) is 94.4 Å². The van der Waals surface area contributed by atoms with Crippen molar-refractivity contribution in [3.8, 4) is 17.0 Å². The molecule has 1 unspecified atom stereocenters. The van der Waals surface area contributed by atoms with E-state index in [1.165, 1.54) is 6.07 Å². The number of aryl methyl sites for hydroxylation is 1. The second kappa shape index (κ2) is 7.46. The third-order valence-electron chi connectivity index (χ3n) is 5.75. The van der Waals surface area contributed by atoms with E-state index in [2.05, 4.69) is 25.4 Å². The molecule has 2 fully saturated rings. The van der Waals surface area contributed by atoms with Crippen LogP contribution in [-0.2, 0) is 0 Å². The highest BCUT2D eigenvalue weighted by molar-refractivity contribution is 6.31. The van der Waals surface area contributed by atoms with Gasteiger partial charge in [0.1, 0.15) is 11.4 Å². The molecule has 0 amide bonds. The minimum Gasteiger partial charge on any atom is -0.507 e. The van der Waals surface area contributed by atoms with Gasteiger partial charge in [-0.3, -0.25) is 4.90 Å². The molecule has 1 aromatic carbocycles. The van der Waals surface area contributed by atoms with Gasteiger partial charge in [-0.1, -0.05) is 11.6 Å². The maximum atomic E-state index is 10.2. The van der Waals surface area contributed by atoms with Crippen LogP contribution in [0, 0.1) is 6.92 Å². The van der Waals surface area contributed by atoms with Crippen molar-refractivity contribution in [3.63, 3.8) is 0 Å². The predicted octanol–water partition coefficient (Wildman–Crippen LogP) is 3.00. The average Bonchev–Trinajstić information content (AvgIpc) is 2.60. The molecule has 150 valence electrons. The van der Waals surface area contributed by atoms with Crippen LogP contribution in [0.4, 0.5) is 5.95 Å².